The summed E-state index contributed by atoms with van der Waals surface area (Å²) in [6.45, 7) is 5.40. The minimum atomic E-state index is -0.610. The molecule has 0 aliphatic heterocycles. The highest BCUT2D eigenvalue weighted by Gasteiger charge is 2.31. The number of carbonyl (C=O) groups is 1. The Labute approximate surface area is 150 Å². The van der Waals surface area contributed by atoms with Gasteiger partial charge in [0, 0.05) is 14.1 Å². The van der Waals surface area contributed by atoms with E-state index in [1.165, 1.54) is 4.57 Å². The van der Waals surface area contributed by atoms with E-state index in [1.54, 1.807) is 39.4 Å². The first-order valence-corrected chi connectivity index (χ1v) is 8.72. The second-order valence-electron chi connectivity index (χ2n) is 7.90. The third kappa shape index (κ3) is 3.66. The molecule has 2 aromatic rings. The molecule has 3 rings (SSSR count). The number of carbonyl (C=O) groups excluding carboxylic acids is 1. The van der Waals surface area contributed by atoms with Crippen LogP contribution in [0.25, 0.3) is 11.2 Å². The quantitative estimate of drug-likeness (QED) is 0.851. The van der Waals surface area contributed by atoms with Crippen LogP contribution in [-0.4, -0.2) is 30.8 Å². The maximum atomic E-state index is 12.3. The summed E-state index contributed by atoms with van der Waals surface area (Å²) in [5.74, 6) is 1.04. The number of amides is 1. The number of aromatic amines is 1. The minimum Gasteiger partial charge on any atom is -0.444 e. The lowest BCUT2D eigenvalue weighted by atomic mass is 10.1. The SMILES string of the molecule is Cn1c(C(CC2CC2)NC(=O)OC(C)(C)C)nc2c1c(=O)[nH]c(=O)n2C. The lowest BCUT2D eigenvalue weighted by Crippen LogP contribution is -2.36. The van der Waals surface area contributed by atoms with E-state index in [-0.39, 0.29) is 0 Å². The highest BCUT2D eigenvalue weighted by Crippen LogP contribution is 2.37. The predicted molar refractivity (Wildman–Crippen MR) is 96.0 cm³/mol. The van der Waals surface area contributed by atoms with Gasteiger partial charge >= 0.3 is 11.8 Å². The number of aromatic nitrogens is 4. The Morgan fingerprint density at radius 1 is 1.31 bits per heavy atom. The first kappa shape index (κ1) is 18.2. The minimum absolute atomic E-state index is 0.294. The molecule has 1 fully saturated rings. The first-order valence-electron chi connectivity index (χ1n) is 8.72. The number of imidazole rings is 1. The molecule has 2 heterocycles. The molecular formula is C17H25N5O4. The molecule has 0 saturated heterocycles. The van der Waals surface area contributed by atoms with E-state index in [0.717, 1.165) is 12.8 Å². The summed E-state index contributed by atoms with van der Waals surface area (Å²) in [5, 5.41) is 2.87. The van der Waals surface area contributed by atoms with Crippen molar-refractivity contribution in [1.82, 2.24) is 24.4 Å². The Bertz CT molecular complexity index is 958. The fourth-order valence-corrected chi connectivity index (χ4v) is 3.00. The van der Waals surface area contributed by atoms with Crippen LogP contribution in [0.15, 0.2) is 9.59 Å². The molecule has 1 amide bonds. The molecule has 2 aromatic heterocycles. The van der Waals surface area contributed by atoms with Crippen LogP contribution in [0.2, 0.25) is 0 Å². The van der Waals surface area contributed by atoms with E-state index < -0.39 is 29.0 Å². The summed E-state index contributed by atoms with van der Waals surface area (Å²) in [5.41, 5.74) is -1.03. The smallest absolute Gasteiger partial charge is 0.408 e. The van der Waals surface area contributed by atoms with Crippen LogP contribution in [-0.2, 0) is 18.8 Å². The molecule has 0 bridgehead atoms. The van der Waals surface area contributed by atoms with Crippen LogP contribution in [0.1, 0.15) is 51.9 Å². The molecule has 142 valence electrons. The zero-order valence-electron chi connectivity index (χ0n) is 15.8. The molecule has 1 atom stereocenters. The van der Waals surface area contributed by atoms with Gasteiger partial charge in [-0.15, -0.1) is 0 Å². The largest absolute Gasteiger partial charge is 0.444 e. The third-order valence-electron chi connectivity index (χ3n) is 4.44. The molecule has 0 radical (unpaired) electrons. The summed E-state index contributed by atoms with van der Waals surface area (Å²) in [4.78, 5) is 43.1. The topological polar surface area (TPSA) is 111 Å². The Morgan fingerprint density at radius 2 is 1.96 bits per heavy atom. The molecule has 9 heteroatoms. The first-order chi connectivity index (χ1) is 12.1. The average Bonchev–Trinajstić information content (AvgIpc) is 3.23. The fraction of sp³-hybridized carbons (Fsp3) is 0.647. The number of aryl methyl sites for hydroxylation is 2. The number of alkyl carbamates (subject to hydrolysis) is 1. The zero-order valence-corrected chi connectivity index (χ0v) is 15.8. The van der Waals surface area contributed by atoms with Crippen molar-refractivity contribution in [3.05, 3.63) is 26.7 Å². The van der Waals surface area contributed by atoms with Gasteiger partial charge in [-0.05, 0) is 33.1 Å². The summed E-state index contributed by atoms with van der Waals surface area (Å²) < 4.78 is 8.29. The van der Waals surface area contributed by atoms with Crippen molar-refractivity contribution < 1.29 is 9.53 Å². The molecule has 26 heavy (non-hydrogen) atoms. The number of ether oxygens (including phenoxy) is 1. The van der Waals surface area contributed by atoms with E-state index in [4.69, 9.17) is 4.74 Å². The molecule has 1 unspecified atom stereocenters. The van der Waals surface area contributed by atoms with Crippen molar-refractivity contribution in [2.45, 2.75) is 51.7 Å². The van der Waals surface area contributed by atoms with Crippen LogP contribution in [0.3, 0.4) is 0 Å². The number of H-pyrrole nitrogens is 1. The predicted octanol–water partition coefficient (Wildman–Crippen LogP) is 1.33. The Balaban J connectivity index is 2.01. The number of hydrogen-bond donors (Lipinski definition) is 2. The monoisotopic (exact) mass is 363 g/mol. The second kappa shape index (κ2) is 6.30. The Hall–Kier alpha value is -2.58. The number of fused-ring (bicyclic) bond motifs is 1. The van der Waals surface area contributed by atoms with E-state index in [1.807, 2.05) is 0 Å². The van der Waals surface area contributed by atoms with E-state index in [2.05, 4.69) is 15.3 Å². The average molecular weight is 363 g/mol. The van der Waals surface area contributed by atoms with E-state index >= 15 is 0 Å². The van der Waals surface area contributed by atoms with Crippen LogP contribution in [0.5, 0.6) is 0 Å². The molecule has 1 aliphatic rings. The highest BCUT2D eigenvalue weighted by molar-refractivity contribution is 5.72. The molecule has 2 N–H and O–H groups in total. The standard InChI is InChI=1S/C17H25N5O4/c1-17(2,3)26-16(25)18-10(8-9-6-7-9)12-19-13-11(21(12)4)14(23)20-15(24)22(13)5/h9-10H,6-8H2,1-5H3,(H,18,25)(H,20,23,24). The number of nitrogens with zero attached hydrogens (tertiary/aromatic N) is 3. The van der Waals surface area contributed by atoms with Crippen LogP contribution in [0, 0.1) is 5.92 Å². The maximum Gasteiger partial charge on any atom is 0.408 e. The van der Waals surface area contributed by atoms with Crippen molar-refractivity contribution in [3.8, 4) is 0 Å². The summed E-state index contributed by atoms with van der Waals surface area (Å²) in [6.07, 6.45) is 2.39. The third-order valence-corrected chi connectivity index (χ3v) is 4.44. The van der Waals surface area contributed by atoms with Crippen LogP contribution in [0.4, 0.5) is 4.79 Å². The van der Waals surface area contributed by atoms with Gasteiger partial charge in [0.2, 0.25) is 0 Å². The van der Waals surface area contributed by atoms with Crippen LogP contribution < -0.4 is 16.6 Å². The number of rotatable bonds is 4. The number of hydrogen-bond acceptors (Lipinski definition) is 5. The molecule has 1 saturated carbocycles. The lowest BCUT2D eigenvalue weighted by molar-refractivity contribution is 0.0496. The second-order valence-corrected chi connectivity index (χ2v) is 7.90. The molecule has 9 nitrogen and oxygen atoms in total. The highest BCUT2D eigenvalue weighted by atomic mass is 16.6. The van der Waals surface area contributed by atoms with Gasteiger partial charge < -0.3 is 14.6 Å². The summed E-state index contributed by atoms with van der Waals surface area (Å²) >= 11 is 0. The Morgan fingerprint density at radius 3 is 2.54 bits per heavy atom. The van der Waals surface area contributed by atoms with Gasteiger partial charge in [0.1, 0.15) is 11.4 Å². The van der Waals surface area contributed by atoms with Crippen molar-refractivity contribution in [2.75, 3.05) is 0 Å². The molecule has 1 aliphatic carbocycles. The van der Waals surface area contributed by atoms with Gasteiger partial charge in [0.15, 0.2) is 11.2 Å². The maximum absolute atomic E-state index is 12.3. The van der Waals surface area contributed by atoms with Gasteiger partial charge in [-0.25, -0.2) is 14.6 Å². The summed E-state index contributed by atoms with van der Waals surface area (Å²) in [6, 6.07) is -0.399. The zero-order chi connectivity index (χ0) is 19.2. The lowest BCUT2D eigenvalue weighted by Gasteiger charge is -2.23. The normalized spacial score (nSPS) is 15.9. The van der Waals surface area contributed by atoms with Gasteiger partial charge in [-0.3, -0.25) is 14.3 Å². The van der Waals surface area contributed by atoms with Gasteiger partial charge in [-0.1, -0.05) is 12.8 Å². The summed E-state index contributed by atoms with van der Waals surface area (Å²) in [7, 11) is 3.26. The van der Waals surface area contributed by atoms with E-state index in [9.17, 15) is 14.4 Å². The van der Waals surface area contributed by atoms with Crippen molar-refractivity contribution in [3.63, 3.8) is 0 Å². The van der Waals surface area contributed by atoms with Crippen molar-refractivity contribution >= 4 is 17.3 Å². The van der Waals surface area contributed by atoms with Crippen molar-refractivity contribution in [2.24, 2.45) is 20.0 Å². The Kier molecular flexibility index (Phi) is 4.41. The van der Waals surface area contributed by atoms with Crippen LogP contribution >= 0.6 is 0 Å². The molecule has 0 aromatic carbocycles. The van der Waals surface area contributed by atoms with Gasteiger partial charge in [0.25, 0.3) is 5.56 Å². The van der Waals surface area contributed by atoms with Gasteiger partial charge in [0.05, 0.1) is 6.04 Å². The van der Waals surface area contributed by atoms with Crippen molar-refractivity contribution in [1.29, 1.82) is 0 Å². The van der Waals surface area contributed by atoms with E-state index in [0.29, 0.717) is 29.3 Å². The number of nitrogens with one attached hydrogen (secondary N) is 2. The molecule has 0 spiro atoms. The van der Waals surface area contributed by atoms with Gasteiger partial charge in [-0.2, -0.15) is 0 Å². The molecular weight excluding hydrogens is 338 g/mol. The fourth-order valence-electron chi connectivity index (χ4n) is 3.00.